The molecule has 5 N–H and O–H groups in total. The van der Waals surface area contributed by atoms with Crippen LogP contribution in [0.3, 0.4) is 0 Å². The molecule has 16 nitrogen and oxygen atoms in total. The number of fused-ring (bicyclic) bond motifs is 4. The van der Waals surface area contributed by atoms with E-state index in [9.17, 15) is 67.1 Å². The summed E-state index contributed by atoms with van der Waals surface area (Å²) in [5, 5.41) is 29.6. The van der Waals surface area contributed by atoms with Crippen LogP contribution in [0.25, 0.3) is 43.6 Å². The van der Waals surface area contributed by atoms with Crippen molar-refractivity contribution in [1.29, 1.82) is 0 Å². The standard InChI is InChI=1S/2C22H15ClF3N3O.C20H17N3O2.C16H11F6N3/c23-18-7-3-1-5-16(18)21(30)27-20-17-6-2-4-8-19(17)29(28-20)13-14-9-11-15(12-10-14)22(24,25)26;23-17-11-7-15(8-12-17)21(30)27-20-18-3-1-2-4-19(18)29(28-20)13-14-5-9-16(10-6-14)22(24,25)26;1-14-6-2-3-7-15(14)12-23-18-9-5-4-8-17(18)19(22-23)21-20(24)16-10-11-25-13-16;17-15(18,19)10-3-1-9(2-4-10)8-25-13-7-11(16(20,21)22)5-6-12(13)14(23)24-25/h2*1-12H,13H2,(H,27,28,30);2-11,13H,12H2,1H3,(H,21,22,24);1-7H,8H2,(H2,23,24). The summed E-state index contributed by atoms with van der Waals surface area (Å²) in [6.45, 7) is 3.24. The number of hydrogen-bond acceptors (Lipinski definition) is 9. The van der Waals surface area contributed by atoms with Crippen LogP contribution in [0.1, 0.15) is 81.1 Å². The third-order valence-corrected chi connectivity index (χ3v) is 17.8. The number of rotatable bonds is 14. The number of benzene rings is 10. The maximum absolute atomic E-state index is 12.9. The van der Waals surface area contributed by atoms with Gasteiger partial charge in [0, 0.05) is 32.1 Å². The van der Waals surface area contributed by atoms with Crippen LogP contribution in [0.5, 0.6) is 0 Å². The molecule has 5 aromatic heterocycles. The Bertz CT molecular complexity index is 5780. The van der Waals surface area contributed by atoms with Gasteiger partial charge in [0.1, 0.15) is 6.26 Å². The summed E-state index contributed by atoms with van der Waals surface area (Å²) in [6.07, 6.45) is -14.8. The van der Waals surface area contributed by atoms with Crippen molar-refractivity contribution in [2.45, 2.75) is 57.8 Å². The van der Waals surface area contributed by atoms with Gasteiger partial charge in [-0.2, -0.15) is 73.1 Å². The number of hydrogen-bond donors (Lipinski definition) is 4. The second kappa shape index (κ2) is 32.4. The second-order valence-electron chi connectivity index (χ2n) is 24.7. The van der Waals surface area contributed by atoms with Gasteiger partial charge in [0.2, 0.25) is 0 Å². The van der Waals surface area contributed by atoms with Crippen molar-refractivity contribution in [1.82, 2.24) is 39.1 Å². The number of amides is 3. The molecule has 0 fully saturated rings. The van der Waals surface area contributed by atoms with Gasteiger partial charge in [-0.1, -0.05) is 132 Å². The molecule has 560 valence electrons. The fourth-order valence-corrected chi connectivity index (χ4v) is 11.9. The molecule has 0 aliphatic heterocycles. The first kappa shape index (κ1) is 76.9. The number of halogens is 14. The molecule has 5 heterocycles. The number of alkyl halides is 12. The van der Waals surface area contributed by atoms with E-state index < -0.39 is 52.9 Å². The zero-order valence-corrected chi connectivity index (χ0v) is 58.7. The molecule has 30 heteroatoms. The van der Waals surface area contributed by atoms with Gasteiger partial charge < -0.3 is 26.1 Å². The van der Waals surface area contributed by atoms with E-state index in [-0.39, 0.29) is 42.8 Å². The molecule has 0 radical (unpaired) electrons. The Hall–Kier alpha value is -12.7. The normalized spacial score (nSPS) is 11.7. The highest BCUT2D eigenvalue weighted by Crippen LogP contribution is 2.36. The minimum Gasteiger partial charge on any atom is -0.472 e. The molecule has 15 rings (SSSR count). The van der Waals surface area contributed by atoms with E-state index in [2.05, 4.69) is 55.4 Å². The Morgan fingerprint density at radius 3 is 1.20 bits per heavy atom. The van der Waals surface area contributed by atoms with E-state index in [4.69, 9.17) is 33.4 Å². The van der Waals surface area contributed by atoms with Crippen molar-refractivity contribution in [3.63, 3.8) is 0 Å². The lowest BCUT2D eigenvalue weighted by atomic mass is 10.1. The number of nitrogens with zero attached hydrogens (tertiary/aromatic N) is 8. The van der Waals surface area contributed by atoms with E-state index in [1.165, 1.54) is 70.8 Å². The first-order valence-electron chi connectivity index (χ1n) is 33.1. The molecule has 110 heavy (non-hydrogen) atoms. The zero-order valence-electron chi connectivity index (χ0n) is 57.2. The molecule has 0 aliphatic rings. The van der Waals surface area contributed by atoms with Crippen molar-refractivity contribution in [2.24, 2.45) is 0 Å². The Morgan fingerprint density at radius 1 is 0.391 bits per heavy atom. The van der Waals surface area contributed by atoms with Crippen molar-refractivity contribution in [3.05, 3.63) is 332 Å². The van der Waals surface area contributed by atoms with Gasteiger partial charge in [0.25, 0.3) is 17.7 Å². The van der Waals surface area contributed by atoms with E-state index >= 15 is 0 Å². The average molecular weight is 1550 g/mol. The summed E-state index contributed by atoms with van der Waals surface area (Å²) in [4.78, 5) is 37.5. The quantitative estimate of drug-likeness (QED) is 0.0765. The first-order valence-corrected chi connectivity index (χ1v) is 33.9. The van der Waals surface area contributed by atoms with Crippen LogP contribution in [0.4, 0.5) is 76.0 Å². The van der Waals surface area contributed by atoms with Crippen LogP contribution in [0.2, 0.25) is 10.0 Å². The number of para-hydroxylation sites is 3. The third-order valence-electron chi connectivity index (χ3n) is 17.2. The lowest BCUT2D eigenvalue weighted by Crippen LogP contribution is -2.13. The highest BCUT2D eigenvalue weighted by Gasteiger charge is 2.34. The Labute approximate surface area is 626 Å². The smallest absolute Gasteiger partial charge is 0.416 e. The number of aromatic nitrogens is 8. The number of furan rings is 1. The van der Waals surface area contributed by atoms with Crippen molar-refractivity contribution < 1.29 is 71.5 Å². The SMILES string of the molecule is Cc1ccccc1Cn1nc(NC(=O)c2ccoc2)c2ccccc21.Nc1nn(Cc2ccc(C(F)(F)F)cc2)c2cc(C(F)(F)F)ccc12.O=C(Nc1nn(Cc2ccc(C(F)(F)F)cc2)c2ccccc12)c1ccc(Cl)cc1.O=C(Nc1nn(Cc2ccc(C(F)(F)F)cc2)c2ccccc12)c1ccccc1Cl. The number of carbonyl (C=O) groups excluding carboxylic acids is 3. The predicted octanol–water partition coefficient (Wildman–Crippen LogP) is 21.0. The van der Waals surface area contributed by atoms with Crippen LogP contribution in [0.15, 0.2) is 260 Å². The summed E-state index contributed by atoms with van der Waals surface area (Å²) in [6, 6.07) is 62.7. The Kier molecular flexibility index (Phi) is 22.7. The lowest BCUT2D eigenvalue weighted by Gasteiger charge is -2.09. The monoisotopic (exact) mass is 1550 g/mol. The van der Waals surface area contributed by atoms with Gasteiger partial charge in [-0.3, -0.25) is 33.1 Å². The van der Waals surface area contributed by atoms with E-state index in [0.717, 1.165) is 75.9 Å². The average Bonchev–Trinajstić information content (AvgIpc) is 1.67. The van der Waals surface area contributed by atoms with Gasteiger partial charge in [0.05, 0.1) is 92.9 Å². The first-order chi connectivity index (χ1) is 52.4. The lowest BCUT2D eigenvalue weighted by molar-refractivity contribution is -0.138. The molecule has 0 spiro atoms. The van der Waals surface area contributed by atoms with E-state index in [1.807, 2.05) is 89.6 Å². The summed E-state index contributed by atoms with van der Waals surface area (Å²) in [5.74, 6) is 0.355. The fraction of sp³-hybridized carbons (Fsp3) is 0.113. The molecule has 0 bridgehead atoms. The summed E-state index contributed by atoms with van der Waals surface area (Å²) in [7, 11) is 0. The van der Waals surface area contributed by atoms with Crippen LogP contribution >= 0.6 is 23.2 Å². The number of nitrogen functional groups attached to an aromatic ring is 1. The summed E-state index contributed by atoms with van der Waals surface area (Å²) in [5.41, 5.74) is 10.7. The topological polar surface area (TPSA) is 198 Å². The Balaban J connectivity index is 0.000000137. The van der Waals surface area contributed by atoms with Gasteiger partial charge >= 0.3 is 24.7 Å². The van der Waals surface area contributed by atoms with Crippen molar-refractivity contribution >= 4 is 108 Å². The minimum atomic E-state index is -4.52. The number of nitrogens with two attached hydrogens (primary N) is 1. The third kappa shape index (κ3) is 18.5. The second-order valence-corrected chi connectivity index (χ2v) is 25.6. The molecule has 0 aliphatic carbocycles. The molecule has 0 saturated heterocycles. The van der Waals surface area contributed by atoms with Crippen LogP contribution in [0, 0.1) is 6.92 Å². The summed E-state index contributed by atoms with van der Waals surface area (Å²) >= 11 is 12.0. The molecule has 15 aromatic rings. The molecule has 10 aromatic carbocycles. The largest absolute Gasteiger partial charge is 0.472 e. The zero-order chi connectivity index (χ0) is 78.2. The van der Waals surface area contributed by atoms with E-state index in [0.29, 0.717) is 78.2 Å². The van der Waals surface area contributed by atoms with Gasteiger partial charge in [-0.15, -0.1) is 0 Å². The molecule has 0 unspecified atom stereocenters. The maximum atomic E-state index is 12.9. The van der Waals surface area contributed by atoms with Crippen LogP contribution in [-0.4, -0.2) is 56.8 Å². The van der Waals surface area contributed by atoms with Crippen molar-refractivity contribution in [2.75, 3.05) is 21.7 Å². The minimum absolute atomic E-state index is 0.00680. The number of carbonyl (C=O) groups is 3. The molecule has 0 saturated carbocycles. The van der Waals surface area contributed by atoms with Gasteiger partial charge in [-0.25, -0.2) is 0 Å². The Morgan fingerprint density at radius 2 is 0.773 bits per heavy atom. The van der Waals surface area contributed by atoms with E-state index in [1.54, 1.807) is 64.0 Å². The fourth-order valence-electron chi connectivity index (χ4n) is 11.6. The van der Waals surface area contributed by atoms with Gasteiger partial charge in [0.15, 0.2) is 23.3 Å². The maximum Gasteiger partial charge on any atom is 0.416 e. The highest BCUT2D eigenvalue weighted by molar-refractivity contribution is 6.34. The summed E-state index contributed by atoms with van der Waals surface area (Å²) < 4.78 is 164. The van der Waals surface area contributed by atoms with Crippen LogP contribution < -0.4 is 21.7 Å². The molecular weight excluding hydrogens is 1490 g/mol. The van der Waals surface area contributed by atoms with Crippen molar-refractivity contribution in [3.8, 4) is 0 Å². The number of aryl methyl sites for hydroxylation is 1. The molecule has 0 atom stereocenters. The molecular formula is C80H58Cl2F12N12O4. The number of anilines is 4. The van der Waals surface area contributed by atoms with Gasteiger partial charge in [-0.05, 0) is 168 Å². The van der Waals surface area contributed by atoms with Crippen LogP contribution in [-0.2, 0) is 50.9 Å². The molecule has 3 amide bonds. The number of nitrogens with one attached hydrogen (secondary N) is 3. The predicted molar refractivity (Wildman–Crippen MR) is 396 cm³/mol. The highest BCUT2D eigenvalue weighted by atomic mass is 35.5.